The number of aromatic nitrogens is 4. The highest BCUT2D eigenvalue weighted by atomic mass is 35.5. The molecule has 18 heteroatoms. The molecule has 0 saturated heterocycles. The van der Waals surface area contributed by atoms with Crippen molar-refractivity contribution < 1.29 is 29.6 Å². The van der Waals surface area contributed by atoms with Crippen LogP contribution in [-0.4, -0.2) is 34.1 Å². The van der Waals surface area contributed by atoms with E-state index in [0.717, 1.165) is 37.6 Å². The first-order valence-corrected chi connectivity index (χ1v) is 14.2. The van der Waals surface area contributed by atoms with Crippen molar-refractivity contribution in [2.75, 3.05) is 36.1 Å². The monoisotopic (exact) mass is 768 g/mol. The van der Waals surface area contributed by atoms with E-state index in [-0.39, 0.29) is 71.3 Å². The van der Waals surface area contributed by atoms with Gasteiger partial charge in [-0.2, -0.15) is 0 Å². The standard InChI is InChI=1S/C28H36Cl2N8O2.4ClH.2H2O/c29-21(27-35-9-13-37(27)11-1-15-39-25-17-19(31)3-7-23(25)33)5-6-22(30)28-36-10-14-38(28)12-2-16-40-26-18-20(32)4-8-24(26)34;;;;;;/h3-4,7-10,13-14,17-18,21-22H,1-2,5-6,11-12,15-16,31-34H2;4*1H;2*1H2/p+2. The summed E-state index contributed by atoms with van der Waals surface area (Å²) in [6.45, 7) is 2.50. The van der Waals surface area contributed by atoms with E-state index in [1.165, 1.54) is 0 Å². The van der Waals surface area contributed by atoms with Crippen LogP contribution >= 0.6 is 72.8 Å². The van der Waals surface area contributed by atoms with Crippen LogP contribution in [0.1, 0.15) is 48.1 Å². The zero-order valence-corrected chi connectivity index (χ0v) is 29.8. The van der Waals surface area contributed by atoms with E-state index in [1.54, 1.807) is 36.4 Å². The van der Waals surface area contributed by atoms with Crippen molar-refractivity contribution in [3.05, 3.63) is 72.8 Å². The fourth-order valence-electron chi connectivity index (χ4n) is 4.43. The van der Waals surface area contributed by atoms with Crippen LogP contribution in [0.15, 0.2) is 61.2 Å². The maximum absolute atomic E-state index is 6.80. The second-order valence-corrected chi connectivity index (χ2v) is 10.6. The summed E-state index contributed by atoms with van der Waals surface area (Å²) in [5.41, 5.74) is 25.9. The Bertz CT molecular complexity index is 1290. The van der Waals surface area contributed by atoms with Crippen molar-refractivity contribution in [1.29, 1.82) is 0 Å². The Morgan fingerprint density at radius 2 is 1.00 bits per heavy atom. The number of hydrogen-bond donors (Lipinski definition) is 6. The lowest BCUT2D eigenvalue weighted by Gasteiger charge is -2.11. The van der Waals surface area contributed by atoms with Gasteiger partial charge in [0.1, 0.15) is 47.0 Å². The van der Waals surface area contributed by atoms with Gasteiger partial charge in [0.25, 0.3) is 11.6 Å². The maximum atomic E-state index is 6.80. The van der Waals surface area contributed by atoms with Crippen molar-refractivity contribution in [2.45, 2.75) is 49.5 Å². The molecule has 0 fully saturated rings. The second-order valence-electron chi connectivity index (χ2n) is 9.59. The topological polar surface area (TPSA) is 225 Å². The Balaban J connectivity index is -0.00000308. The molecule has 0 saturated carbocycles. The molecule has 4 aromatic rings. The first-order valence-electron chi connectivity index (χ1n) is 13.3. The third kappa shape index (κ3) is 13.6. The number of nitrogen functional groups attached to an aromatic ring is 4. The minimum atomic E-state index is -0.220. The zero-order chi connectivity index (χ0) is 28.5. The summed E-state index contributed by atoms with van der Waals surface area (Å²) in [7, 11) is 0. The molecule has 4 rings (SSSR count). The number of anilines is 4. The average Bonchev–Trinajstić information content (AvgIpc) is 3.61. The minimum Gasteiger partial charge on any atom is -0.491 e. The first kappa shape index (κ1) is 47.7. The van der Waals surface area contributed by atoms with E-state index in [0.29, 0.717) is 60.3 Å². The molecule has 12 nitrogen and oxygen atoms in total. The van der Waals surface area contributed by atoms with Crippen LogP contribution in [0.4, 0.5) is 22.7 Å². The number of ether oxygens (including phenoxy) is 2. The normalized spacial score (nSPS) is 11.1. The largest absolute Gasteiger partial charge is 0.491 e. The highest BCUT2D eigenvalue weighted by Crippen LogP contribution is 2.30. The molecule has 14 N–H and O–H groups in total. The quantitative estimate of drug-likeness (QED) is 0.0448. The number of imidazole rings is 2. The Morgan fingerprint density at radius 3 is 1.37 bits per heavy atom. The molecule has 0 radical (unpaired) electrons. The Hall–Kier alpha value is -2.68. The molecule has 2 aromatic carbocycles. The number of alkyl halides is 2. The fourth-order valence-corrected chi connectivity index (χ4v) is 5.06. The van der Waals surface area contributed by atoms with Gasteiger partial charge in [-0.1, -0.05) is 0 Å². The van der Waals surface area contributed by atoms with Gasteiger partial charge in [-0.05, 0) is 37.1 Å². The van der Waals surface area contributed by atoms with Crippen molar-refractivity contribution in [3.63, 3.8) is 0 Å². The van der Waals surface area contributed by atoms with E-state index in [9.17, 15) is 0 Å². The average molecular weight is 771 g/mol. The van der Waals surface area contributed by atoms with E-state index in [4.69, 9.17) is 55.6 Å². The summed E-state index contributed by atoms with van der Waals surface area (Å²) in [4.78, 5) is 6.55. The molecule has 0 aliphatic carbocycles. The number of nitrogens with one attached hydrogen (secondary N) is 2. The molecule has 0 aliphatic heterocycles. The van der Waals surface area contributed by atoms with Gasteiger partial charge < -0.3 is 43.4 Å². The molecule has 2 aromatic heterocycles. The minimum absolute atomic E-state index is 0. The van der Waals surface area contributed by atoms with Crippen LogP contribution in [0.5, 0.6) is 11.5 Å². The van der Waals surface area contributed by atoms with Crippen LogP contribution < -0.4 is 41.5 Å². The lowest BCUT2D eigenvalue weighted by Crippen LogP contribution is -2.38. The van der Waals surface area contributed by atoms with Gasteiger partial charge in [0.05, 0.1) is 37.7 Å². The molecule has 2 unspecified atom stereocenters. The van der Waals surface area contributed by atoms with Crippen molar-refractivity contribution in [1.82, 2.24) is 9.97 Å². The van der Waals surface area contributed by atoms with Gasteiger partial charge in [-0.15, -0.1) is 72.8 Å². The van der Waals surface area contributed by atoms with E-state index in [2.05, 4.69) is 19.1 Å². The number of rotatable bonds is 15. The Labute approximate surface area is 303 Å². The Morgan fingerprint density at radius 1 is 0.630 bits per heavy atom. The van der Waals surface area contributed by atoms with Crippen LogP contribution in [-0.2, 0) is 13.1 Å². The molecule has 46 heavy (non-hydrogen) atoms. The molecular formula is C28H46Cl6N8O4+2. The van der Waals surface area contributed by atoms with Gasteiger partial charge in [0.2, 0.25) is 0 Å². The van der Waals surface area contributed by atoms with E-state index >= 15 is 0 Å². The number of H-pyrrole nitrogens is 2. The molecule has 2 atom stereocenters. The van der Waals surface area contributed by atoms with Gasteiger partial charge in [0, 0.05) is 36.3 Å². The van der Waals surface area contributed by atoms with Crippen LogP contribution in [0.3, 0.4) is 0 Å². The summed E-state index contributed by atoms with van der Waals surface area (Å²) in [6, 6.07) is 10.5. The fraction of sp³-hybridized carbons (Fsp3) is 0.357. The number of aromatic amines is 2. The third-order valence-corrected chi connectivity index (χ3v) is 7.38. The number of hydrogen-bond acceptors (Lipinski definition) is 6. The lowest BCUT2D eigenvalue weighted by atomic mass is 10.1. The van der Waals surface area contributed by atoms with Crippen LogP contribution in [0, 0.1) is 0 Å². The van der Waals surface area contributed by atoms with E-state index < -0.39 is 0 Å². The number of nitrogens with zero attached hydrogens (tertiary/aromatic N) is 2. The predicted octanol–water partition coefficient (Wildman–Crippen LogP) is 4.26. The van der Waals surface area contributed by atoms with Gasteiger partial charge in [0.15, 0.2) is 0 Å². The Kier molecular flexibility index (Phi) is 24.5. The maximum Gasteiger partial charge on any atom is 0.272 e. The zero-order valence-electron chi connectivity index (χ0n) is 25.0. The summed E-state index contributed by atoms with van der Waals surface area (Å²) < 4.78 is 15.8. The van der Waals surface area contributed by atoms with Crippen LogP contribution in [0.2, 0.25) is 0 Å². The van der Waals surface area contributed by atoms with Gasteiger partial charge in [-0.25, -0.2) is 19.1 Å². The smallest absolute Gasteiger partial charge is 0.272 e. The molecule has 0 aliphatic rings. The molecule has 0 bridgehead atoms. The summed E-state index contributed by atoms with van der Waals surface area (Å²) in [6.07, 6.45) is 10.7. The number of nitrogens with two attached hydrogens (primary N) is 4. The highest BCUT2D eigenvalue weighted by Gasteiger charge is 2.26. The lowest BCUT2D eigenvalue weighted by molar-refractivity contribution is -0.704. The SMILES string of the molecule is Cl.Cl.Cl.Cl.Nc1ccc(N)c(OCCC[n+]2cc[nH]c2C(Cl)CCC(Cl)c2[nH]cc[n+]2CCCOc2cc(N)ccc2N)c1.O.O. The summed E-state index contributed by atoms with van der Waals surface area (Å²) in [5, 5.41) is -0.440. The van der Waals surface area contributed by atoms with Crippen LogP contribution in [0.25, 0.3) is 0 Å². The van der Waals surface area contributed by atoms with Gasteiger partial charge in [-0.3, -0.25) is 0 Å². The predicted molar refractivity (Wildman–Crippen MR) is 195 cm³/mol. The van der Waals surface area contributed by atoms with E-state index in [1.807, 2.05) is 24.8 Å². The molecule has 0 spiro atoms. The van der Waals surface area contributed by atoms with Crippen molar-refractivity contribution in [2.24, 2.45) is 0 Å². The summed E-state index contributed by atoms with van der Waals surface area (Å²) in [5.74, 6) is 3.07. The van der Waals surface area contributed by atoms with Gasteiger partial charge >= 0.3 is 0 Å². The molecular weight excluding hydrogens is 725 g/mol. The molecule has 0 amide bonds. The van der Waals surface area contributed by atoms with Crippen molar-refractivity contribution in [3.8, 4) is 11.5 Å². The number of benzene rings is 2. The van der Waals surface area contributed by atoms with Crippen molar-refractivity contribution >= 4 is 95.6 Å². The second kappa shape index (κ2) is 23.6. The highest BCUT2D eigenvalue weighted by molar-refractivity contribution is 6.21. The first-order chi connectivity index (χ1) is 19.3. The molecule has 2 heterocycles. The number of aryl methyl sites for hydroxylation is 2. The third-order valence-electron chi connectivity index (χ3n) is 6.53. The summed E-state index contributed by atoms with van der Waals surface area (Å²) >= 11 is 13.6. The molecule has 262 valence electrons. The number of halogens is 6.